The lowest BCUT2D eigenvalue weighted by Crippen LogP contribution is -2.28. The zero-order chi connectivity index (χ0) is 19.3. The maximum atomic E-state index is 5.50. The quantitative estimate of drug-likeness (QED) is 0.648. The molecule has 0 aliphatic carbocycles. The van der Waals surface area contributed by atoms with Crippen LogP contribution in [0.2, 0.25) is 0 Å². The fraction of sp³-hybridized carbons (Fsp3) is 0.391. The third kappa shape index (κ3) is 3.94. The molecule has 3 aromatic rings. The molecule has 2 aromatic heterocycles. The highest BCUT2D eigenvalue weighted by atomic mass is 16.5. The summed E-state index contributed by atoms with van der Waals surface area (Å²) in [5.41, 5.74) is 4.44. The Hall–Kier alpha value is -2.66. The molecule has 1 fully saturated rings. The number of benzene rings is 1. The summed E-state index contributed by atoms with van der Waals surface area (Å²) in [4.78, 5) is 9.25. The van der Waals surface area contributed by atoms with Gasteiger partial charge in [0.05, 0.1) is 5.39 Å². The van der Waals surface area contributed by atoms with Crippen LogP contribution in [0.3, 0.4) is 0 Å². The number of fused-ring (bicyclic) bond motifs is 1. The van der Waals surface area contributed by atoms with Crippen molar-refractivity contribution in [1.82, 2.24) is 14.5 Å². The Kier molecular flexibility index (Phi) is 5.72. The van der Waals surface area contributed by atoms with Gasteiger partial charge in [-0.3, -0.25) is 0 Å². The maximum absolute atomic E-state index is 5.50. The predicted octanol–water partition coefficient (Wildman–Crippen LogP) is 5.13. The van der Waals surface area contributed by atoms with Crippen molar-refractivity contribution in [2.45, 2.75) is 45.6 Å². The molecule has 3 heterocycles. The lowest BCUT2D eigenvalue weighted by atomic mass is 10.1. The Balaban J connectivity index is 1.81. The number of hydrogen-bond donors (Lipinski definition) is 1. The maximum Gasteiger partial charge on any atom is 0.150 e. The van der Waals surface area contributed by atoms with Crippen molar-refractivity contribution in [3.63, 3.8) is 0 Å². The van der Waals surface area contributed by atoms with E-state index in [9.17, 15) is 0 Å². The first-order valence-electron chi connectivity index (χ1n) is 10.2. The van der Waals surface area contributed by atoms with Gasteiger partial charge >= 0.3 is 0 Å². The highest BCUT2D eigenvalue weighted by molar-refractivity contribution is 5.96. The number of hydrogen-bond acceptors (Lipinski definition) is 4. The number of aromatic nitrogens is 3. The van der Waals surface area contributed by atoms with E-state index in [-0.39, 0.29) is 0 Å². The molecule has 146 valence electrons. The largest absolute Gasteiger partial charge is 0.381 e. The van der Waals surface area contributed by atoms with Crippen LogP contribution in [-0.4, -0.2) is 33.8 Å². The molecular formula is C23H28N4O. The molecule has 0 atom stereocenters. The second-order valence-corrected chi connectivity index (χ2v) is 7.44. The smallest absolute Gasteiger partial charge is 0.150 e. The number of unbranched alkanes of at least 4 members (excludes halogenated alkanes) is 1. The van der Waals surface area contributed by atoms with Crippen LogP contribution in [0.4, 0.5) is 5.82 Å². The number of ether oxygens (including phenoxy) is 1. The Bertz CT molecular complexity index is 970. The average Bonchev–Trinajstić information content (AvgIpc) is 3.09. The lowest BCUT2D eigenvalue weighted by Gasteiger charge is -2.23. The van der Waals surface area contributed by atoms with E-state index < -0.39 is 0 Å². The molecular weight excluding hydrogens is 348 g/mol. The molecule has 28 heavy (non-hydrogen) atoms. The first-order valence-corrected chi connectivity index (χ1v) is 10.2. The van der Waals surface area contributed by atoms with Crippen LogP contribution in [0, 0.1) is 6.92 Å². The highest BCUT2D eigenvalue weighted by Crippen LogP contribution is 2.30. The second kappa shape index (κ2) is 8.57. The van der Waals surface area contributed by atoms with Gasteiger partial charge in [-0.15, -0.1) is 0 Å². The standard InChI is InChI=1S/C23H28N4O/c1-3-4-5-8-18-15-27(20-9-6-7-17(2)14-20)23-21(18)22(24-16-25-23)26-19-10-12-28-13-11-19/h5-9,14-16,19H,3-4,10-13H2,1-2H3,(H,24,25,26)/b8-5+. The SMILES string of the molecule is CCC/C=C/c1cn(-c2cccc(C)c2)c2ncnc(NC3CCOCC3)c12. The van der Waals surface area contributed by atoms with E-state index in [1.807, 2.05) is 0 Å². The summed E-state index contributed by atoms with van der Waals surface area (Å²) in [6.07, 6.45) is 12.5. The van der Waals surface area contributed by atoms with Crippen LogP contribution in [0.15, 0.2) is 42.9 Å². The molecule has 0 spiro atoms. The summed E-state index contributed by atoms with van der Waals surface area (Å²) in [6, 6.07) is 8.91. The van der Waals surface area contributed by atoms with Crippen LogP contribution in [0.25, 0.3) is 22.8 Å². The van der Waals surface area contributed by atoms with Gasteiger partial charge in [-0.1, -0.05) is 37.6 Å². The predicted molar refractivity (Wildman–Crippen MR) is 115 cm³/mol. The highest BCUT2D eigenvalue weighted by Gasteiger charge is 2.19. The Morgan fingerprint density at radius 1 is 1.25 bits per heavy atom. The third-order valence-electron chi connectivity index (χ3n) is 5.21. The van der Waals surface area contributed by atoms with Crippen LogP contribution >= 0.6 is 0 Å². The van der Waals surface area contributed by atoms with E-state index in [4.69, 9.17) is 4.74 Å². The normalized spacial score (nSPS) is 15.5. The molecule has 0 radical (unpaired) electrons. The minimum absolute atomic E-state index is 0.390. The molecule has 1 aromatic carbocycles. The molecule has 4 rings (SSSR count). The van der Waals surface area contributed by atoms with Crippen molar-refractivity contribution >= 4 is 22.9 Å². The summed E-state index contributed by atoms with van der Waals surface area (Å²) in [5.74, 6) is 0.916. The van der Waals surface area contributed by atoms with E-state index >= 15 is 0 Å². The van der Waals surface area contributed by atoms with E-state index in [1.54, 1.807) is 6.33 Å². The molecule has 1 aliphatic rings. The van der Waals surface area contributed by atoms with Crippen molar-refractivity contribution in [3.8, 4) is 5.69 Å². The van der Waals surface area contributed by atoms with E-state index in [1.165, 1.54) is 5.56 Å². The van der Waals surface area contributed by atoms with Crippen LogP contribution < -0.4 is 5.32 Å². The zero-order valence-corrected chi connectivity index (χ0v) is 16.7. The van der Waals surface area contributed by atoms with Gasteiger partial charge in [0.1, 0.15) is 12.1 Å². The summed E-state index contributed by atoms with van der Waals surface area (Å²) in [6.45, 7) is 5.92. The number of rotatable bonds is 6. The van der Waals surface area contributed by atoms with Crippen LogP contribution in [0.5, 0.6) is 0 Å². The summed E-state index contributed by atoms with van der Waals surface area (Å²) < 4.78 is 7.67. The van der Waals surface area contributed by atoms with E-state index in [2.05, 4.69) is 76.3 Å². The van der Waals surface area contributed by atoms with Crippen LogP contribution in [0.1, 0.15) is 43.7 Å². The number of aryl methyl sites for hydroxylation is 1. The van der Waals surface area contributed by atoms with Gasteiger partial charge in [0.15, 0.2) is 5.65 Å². The van der Waals surface area contributed by atoms with Crippen LogP contribution in [-0.2, 0) is 4.74 Å². The van der Waals surface area contributed by atoms with Crippen molar-refractivity contribution in [1.29, 1.82) is 0 Å². The third-order valence-corrected chi connectivity index (χ3v) is 5.21. The Morgan fingerprint density at radius 3 is 2.89 bits per heavy atom. The zero-order valence-electron chi connectivity index (χ0n) is 16.7. The Labute approximate surface area is 166 Å². The molecule has 1 aliphatic heterocycles. The lowest BCUT2D eigenvalue weighted by molar-refractivity contribution is 0.0904. The summed E-state index contributed by atoms with van der Waals surface area (Å²) >= 11 is 0. The number of anilines is 1. The molecule has 5 nitrogen and oxygen atoms in total. The topological polar surface area (TPSA) is 52.0 Å². The van der Waals surface area contributed by atoms with Gasteiger partial charge in [-0.25, -0.2) is 9.97 Å². The number of allylic oxidation sites excluding steroid dienone is 1. The minimum atomic E-state index is 0.390. The monoisotopic (exact) mass is 376 g/mol. The van der Waals surface area contributed by atoms with Gasteiger partial charge < -0.3 is 14.6 Å². The first-order chi connectivity index (χ1) is 13.8. The fourth-order valence-electron chi connectivity index (χ4n) is 3.71. The van der Waals surface area contributed by atoms with Crippen molar-refractivity contribution < 1.29 is 4.74 Å². The van der Waals surface area contributed by atoms with Gasteiger partial charge in [0.2, 0.25) is 0 Å². The van der Waals surface area contributed by atoms with Gasteiger partial charge in [-0.2, -0.15) is 0 Å². The summed E-state index contributed by atoms with van der Waals surface area (Å²) in [7, 11) is 0. The van der Waals surface area contributed by atoms with E-state index in [0.717, 1.165) is 67.0 Å². The molecule has 0 amide bonds. The van der Waals surface area contributed by atoms with Crippen molar-refractivity contribution in [2.75, 3.05) is 18.5 Å². The summed E-state index contributed by atoms with van der Waals surface area (Å²) in [5, 5.41) is 4.74. The van der Waals surface area contributed by atoms with Crippen molar-refractivity contribution in [3.05, 3.63) is 54.0 Å². The number of nitrogens with zero attached hydrogens (tertiary/aromatic N) is 3. The molecule has 0 unspecified atom stereocenters. The van der Waals surface area contributed by atoms with Gasteiger partial charge in [-0.05, 0) is 43.9 Å². The average molecular weight is 377 g/mol. The number of nitrogens with one attached hydrogen (secondary N) is 1. The second-order valence-electron chi connectivity index (χ2n) is 7.44. The molecule has 0 bridgehead atoms. The molecule has 1 saturated heterocycles. The first kappa shape index (κ1) is 18.7. The minimum Gasteiger partial charge on any atom is -0.381 e. The fourth-order valence-corrected chi connectivity index (χ4v) is 3.71. The Morgan fingerprint density at radius 2 is 2.11 bits per heavy atom. The molecule has 0 saturated carbocycles. The van der Waals surface area contributed by atoms with Crippen molar-refractivity contribution in [2.24, 2.45) is 0 Å². The molecule has 1 N–H and O–H groups in total. The van der Waals surface area contributed by atoms with E-state index in [0.29, 0.717) is 6.04 Å². The molecule has 5 heteroatoms. The van der Waals surface area contributed by atoms with Gasteiger partial charge in [0.25, 0.3) is 0 Å². The van der Waals surface area contributed by atoms with Gasteiger partial charge in [0, 0.05) is 36.7 Å².